The van der Waals surface area contributed by atoms with Crippen LogP contribution in [0.25, 0.3) is 232 Å². The molecule has 0 amide bonds. The highest BCUT2D eigenvalue weighted by atomic mass is 15.0. The molecule has 0 radical (unpaired) electrons. The Morgan fingerprint density at radius 3 is 0.569 bits per heavy atom. The van der Waals surface area contributed by atoms with Crippen LogP contribution in [0.2, 0.25) is 0 Å². The van der Waals surface area contributed by atoms with Crippen LogP contribution in [-0.2, 0) is 0 Å². The molecule has 0 saturated carbocycles. The first-order valence-corrected chi connectivity index (χ1v) is 44.7. The molecule has 0 atom stereocenters. The van der Waals surface area contributed by atoms with Gasteiger partial charge in [0.1, 0.15) is 0 Å². The normalized spacial score (nSPS) is 11.5. The summed E-state index contributed by atoms with van der Waals surface area (Å²) in [4.78, 5) is 0. The van der Waals surface area contributed by atoms with Gasteiger partial charge in [-0.1, -0.05) is 388 Å². The smallest absolute Gasteiger partial charge is 0.0541 e. The van der Waals surface area contributed by atoms with Crippen molar-refractivity contribution in [1.29, 1.82) is 0 Å². The predicted molar refractivity (Wildman–Crippen MR) is 550 cm³/mol. The van der Waals surface area contributed by atoms with E-state index in [1.54, 1.807) is 0 Å². The van der Waals surface area contributed by atoms with Crippen molar-refractivity contribution in [3.8, 4) is 145 Å². The fourth-order valence-electron chi connectivity index (χ4n) is 20.1. The van der Waals surface area contributed by atoms with Crippen molar-refractivity contribution in [1.82, 2.24) is 18.3 Å². The third-order valence-electron chi connectivity index (χ3n) is 26.3. The van der Waals surface area contributed by atoms with E-state index in [0.29, 0.717) is 0 Å². The molecular formula is C126H84N4. The maximum Gasteiger partial charge on any atom is 0.0541 e. The molecule has 0 bridgehead atoms. The van der Waals surface area contributed by atoms with Crippen LogP contribution >= 0.6 is 0 Å². The summed E-state index contributed by atoms with van der Waals surface area (Å²) in [5.74, 6) is 0. The molecule has 21 aromatic carbocycles. The van der Waals surface area contributed by atoms with Gasteiger partial charge in [-0.25, -0.2) is 0 Å². The molecule has 0 fully saturated rings. The second-order valence-corrected chi connectivity index (χ2v) is 33.8. The third-order valence-corrected chi connectivity index (χ3v) is 26.3. The van der Waals surface area contributed by atoms with Gasteiger partial charge < -0.3 is 18.3 Å². The number of para-hydroxylation sites is 6. The van der Waals surface area contributed by atoms with E-state index in [1.165, 1.54) is 215 Å². The molecule has 0 aliphatic heterocycles. The molecule has 130 heavy (non-hydrogen) atoms. The molecule has 0 aliphatic carbocycles. The van der Waals surface area contributed by atoms with Crippen LogP contribution < -0.4 is 0 Å². The lowest BCUT2D eigenvalue weighted by atomic mass is 9.86. The van der Waals surface area contributed by atoms with Gasteiger partial charge in [0.05, 0.1) is 44.1 Å². The molecule has 0 N–H and O–H groups in total. The average Bonchev–Trinajstić information content (AvgIpc) is 1.59. The van der Waals surface area contributed by atoms with Crippen LogP contribution in [0, 0.1) is 0 Å². The molecule has 4 heteroatoms. The van der Waals surface area contributed by atoms with Gasteiger partial charge in [0.2, 0.25) is 0 Å². The van der Waals surface area contributed by atoms with E-state index >= 15 is 0 Å². The van der Waals surface area contributed by atoms with Crippen LogP contribution in [0.4, 0.5) is 0 Å². The zero-order valence-corrected chi connectivity index (χ0v) is 71.3. The van der Waals surface area contributed by atoms with Gasteiger partial charge in [-0.15, -0.1) is 0 Å². The van der Waals surface area contributed by atoms with E-state index in [-0.39, 0.29) is 0 Å². The second-order valence-electron chi connectivity index (χ2n) is 33.8. The quantitative estimate of drug-likeness (QED) is 0.0975. The SMILES string of the molecule is c1ccc(-c2cccc(-n3c4ccccc4c4cc(-c5ccc(-c6ccc(-c7ccc(-c8ccc(-c9ccc%10c(c9)c9ccccc9n%10-c9ccccc9)cc8)cc7)cc6)cc5)ccc43)c2)cc1.c1ccc(-c2cccc(-n3c4ccccc4c4cc(-c5ccccc5-c5ccccc5-c5ccccc5-c5ccc6c(c5)c5ccccc5n6-c5ccccc5)ccc43)c2)cc1. The van der Waals surface area contributed by atoms with Crippen molar-refractivity contribution >= 4 is 87.2 Å². The number of hydrogen-bond acceptors (Lipinski definition) is 0. The van der Waals surface area contributed by atoms with Crippen molar-refractivity contribution in [2.24, 2.45) is 0 Å². The molecular weight excluding hydrogens is 1570 g/mol. The highest BCUT2D eigenvalue weighted by molar-refractivity contribution is 6.15. The van der Waals surface area contributed by atoms with Crippen LogP contribution in [-0.4, -0.2) is 18.3 Å². The molecule has 608 valence electrons. The van der Waals surface area contributed by atoms with Gasteiger partial charge >= 0.3 is 0 Å². The molecule has 0 aliphatic rings. The molecule has 25 rings (SSSR count). The van der Waals surface area contributed by atoms with Gasteiger partial charge in [-0.2, -0.15) is 0 Å². The second kappa shape index (κ2) is 32.7. The number of benzene rings is 21. The van der Waals surface area contributed by atoms with Gasteiger partial charge in [0.15, 0.2) is 0 Å². The Morgan fingerprint density at radius 2 is 0.269 bits per heavy atom. The number of fused-ring (bicyclic) bond motifs is 12. The van der Waals surface area contributed by atoms with Crippen molar-refractivity contribution in [3.05, 3.63) is 510 Å². The van der Waals surface area contributed by atoms with Crippen molar-refractivity contribution in [2.45, 2.75) is 0 Å². The van der Waals surface area contributed by atoms with Crippen LogP contribution in [0.3, 0.4) is 0 Å². The number of rotatable bonds is 15. The maximum absolute atomic E-state index is 2.41. The van der Waals surface area contributed by atoms with E-state index in [2.05, 4.69) is 528 Å². The summed E-state index contributed by atoms with van der Waals surface area (Å²) in [5.41, 5.74) is 40.9. The highest BCUT2D eigenvalue weighted by Crippen LogP contribution is 2.47. The lowest BCUT2D eigenvalue weighted by Crippen LogP contribution is -1.94. The Morgan fingerprint density at radius 1 is 0.0923 bits per heavy atom. The summed E-state index contributed by atoms with van der Waals surface area (Å²) in [6, 6.07) is 186. The first kappa shape index (κ1) is 76.5. The van der Waals surface area contributed by atoms with E-state index in [0.717, 1.165) is 17.1 Å². The summed E-state index contributed by atoms with van der Waals surface area (Å²) in [6.07, 6.45) is 0. The average molecular weight is 1650 g/mol. The van der Waals surface area contributed by atoms with Gasteiger partial charge in [0.25, 0.3) is 0 Å². The maximum atomic E-state index is 2.41. The zero-order chi connectivity index (χ0) is 86.0. The van der Waals surface area contributed by atoms with Gasteiger partial charge in [-0.3, -0.25) is 0 Å². The van der Waals surface area contributed by atoms with E-state index < -0.39 is 0 Å². The standard InChI is InChI=1S/C66H44N2.C60H40N2/c1-3-12-45(13-4-1)54-14-11-17-58(42-54)68-64-21-10-8-19-60(64)62-44-56(39-41-66(62)68)53-36-32-51(33-37-53)49-28-24-47(25-29-49)46-22-26-48(27-23-46)50-30-34-52(35-31-50)55-38-40-65-61(43-55)59-18-7-9-20-63(59)67(65)57-15-5-2-6-16-57;1-3-18-41(19-4-1)42-20-17-23-46(38-42)62-58-33-16-14-31-54(58)56-40-44(35-37-60(56)62)48-25-8-10-27-50(48)52-29-12-11-28-51(52)49-26-9-7-24-47(49)43-34-36-59-55(39-43)53-30-13-15-32-57(53)61(59)45-21-5-2-6-22-45/h1-44H;1-40H. The molecule has 25 aromatic rings. The molecule has 0 spiro atoms. The lowest BCUT2D eigenvalue weighted by Gasteiger charge is -2.17. The van der Waals surface area contributed by atoms with E-state index in [1.807, 2.05) is 0 Å². The number of nitrogens with zero attached hydrogens (tertiary/aromatic N) is 4. The molecule has 0 unspecified atom stereocenters. The first-order valence-electron chi connectivity index (χ1n) is 44.7. The molecule has 4 nitrogen and oxygen atoms in total. The Bertz CT molecular complexity index is 8590. The van der Waals surface area contributed by atoms with E-state index in [9.17, 15) is 0 Å². The molecule has 4 aromatic heterocycles. The summed E-state index contributed by atoms with van der Waals surface area (Å²) in [5, 5.41) is 10.0. The first-order chi connectivity index (χ1) is 64.5. The van der Waals surface area contributed by atoms with Gasteiger partial charge in [-0.05, 0) is 244 Å². The summed E-state index contributed by atoms with van der Waals surface area (Å²) in [6.45, 7) is 0. The minimum atomic E-state index is 1.15. The van der Waals surface area contributed by atoms with E-state index in [4.69, 9.17) is 0 Å². The summed E-state index contributed by atoms with van der Waals surface area (Å²) >= 11 is 0. The van der Waals surface area contributed by atoms with Crippen molar-refractivity contribution < 1.29 is 0 Å². The Kier molecular flexibility index (Phi) is 19.3. The van der Waals surface area contributed by atoms with Crippen molar-refractivity contribution in [3.63, 3.8) is 0 Å². The summed E-state index contributed by atoms with van der Waals surface area (Å²) < 4.78 is 9.56. The fourth-order valence-corrected chi connectivity index (χ4v) is 20.1. The predicted octanol–water partition coefficient (Wildman–Crippen LogP) is 34.1. The number of aromatic nitrogens is 4. The summed E-state index contributed by atoms with van der Waals surface area (Å²) in [7, 11) is 0. The highest BCUT2D eigenvalue weighted by Gasteiger charge is 2.23. The molecule has 0 saturated heterocycles. The largest absolute Gasteiger partial charge is 0.309 e. The molecule has 4 heterocycles. The Balaban J connectivity index is 0.000000145. The third kappa shape index (κ3) is 13.7. The zero-order valence-electron chi connectivity index (χ0n) is 71.3. The van der Waals surface area contributed by atoms with Gasteiger partial charge in [0, 0.05) is 65.8 Å². The fraction of sp³-hybridized carbons (Fsp3) is 0. The number of hydrogen-bond donors (Lipinski definition) is 0. The Hall–Kier alpha value is -17.2. The minimum absolute atomic E-state index is 1.15. The van der Waals surface area contributed by atoms with Crippen LogP contribution in [0.15, 0.2) is 510 Å². The monoisotopic (exact) mass is 1650 g/mol. The van der Waals surface area contributed by atoms with Crippen LogP contribution in [0.5, 0.6) is 0 Å². The topological polar surface area (TPSA) is 19.7 Å². The van der Waals surface area contributed by atoms with Crippen LogP contribution in [0.1, 0.15) is 0 Å². The van der Waals surface area contributed by atoms with Crippen molar-refractivity contribution in [2.75, 3.05) is 0 Å². The lowest BCUT2D eigenvalue weighted by molar-refractivity contribution is 1.18. The Labute approximate surface area is 754 Å². The minimum Gasteiger partial charge on any atom is -0.309 e.